The van der Waals surface area contributed by atoms with Crippen LogP contribution in [0.25, 0.3) is 0 Å². The summed E-state index contributed by atoms with van der Waals surface area (Å²) in [6.45, 7) is 6.08. The van der Waals surface area contributed by atoms with Crippen molar-refractivity contribution in [3.8, 4) is 0 Å². The Bertz CT molecular complexity index is 324. The minimum Gasteiger partial charge on any atom is -0.364 e. The van der Waals surface area contributed by atoms with Crippen LogP contribution in [0.5, 0.6) is 0 Å². The minimum atomic E-state index is -0.0562. The average molecular weight is 276 g/mol. The van der Waals surface area contributed by atoms with E-state index in [1.807, 2.05) is 0 Å². The summed E-state index contributed by atoms with van der Waals surface area (Å²) in [6.07, 6.45) is 0.204. The Kier molecular flexibility index (Phi) is 2.98. The molecule has 14 heavy (non-hydrogen) atoms. The molecular weight excluding hydrogens is 262 g/mol. The van der Waals surface area contributed by atoms with Crippen LogP contribution in [-0.2, 0) is 4.74 Å². The maximum atomic E-state index is 6.00. The molecule has 0 spiro atoms. The second kappa shape index (κ2) is 3.93. The third kappa shape index (κ3) is 2.37. The van der Waals surface area contributed by atoms with Crippen molar-refractivity contribution < 1.29 is 4.74 Å². The predicted molar refractivity (Wildman–Crippen MR) is 62.8 cm³/mol. The smallest absolute Gasteiger partial charge is 0.105 e. The van der Waals surface area contributed by atoms with Gasteiger partial charge in [0.1, 0.15) is 6.10 Å². The lowest BCUT2D eigenvalue weighted by Gasteiger charge is -2.36. The van der Waals surface area contributed by atoms with Gasteiger partial charge in [0.25, 0.3) is 0 Å². The fourth-order valence-corrected chi connectivity index (χ4v) is 3.10. The molecule has 1 unspecified atom stereocenters. The second-order valence-electron chi connectivity index (χ2n) is 4.16. The molecule has 2 heterocycles. The van der Waals surface area contributed by atoms with Crippen LogP contribution in [0.3, 0.4) is 0 Å². The first kappa shape index (κ1) is 10.6. The van der Waals surface area contributed by atoms with E-state index in [1.54, 1.807) is 11.3 Å². The number of nitrogens with one attached hydrogen (secondary N) is 1. The molecule has 0 radical (unpaired) electrons. The standard InChI is InChI=1S/C10H14BrNOS/c1-10(2)6-12-4-8(13-10)9-3-7(11)5-14-9/h3,5,8,12H,4,6H2,1-2H3. The molecule has 1 aromatic heterocycles. The molecule has 2 rings (SSSR count). The van der Waals surface area contributed by atoms with Crippen molar-refractivity contribution in [1.29, 1.82) is 0 Å². The van der Waals surface area contributed by atoms with Crippen LogP contribution in [0.2, 0.25) is 0 Å². The van der Waals surface area contributed by atoms with Crippen LogP contribution in [0, 0.1) is 0 Å². The molecule has 0 amide bonds. The highest BCUT2D eigenvalue weighted by molar-refractivity contribution is 9.10. The van der Waals surface area contributed by atoms with Crippen LogP contribution in [0.15, 0.2) is 15.9 Å². The fourth-order valence-electron chi connectivity index (χ4n) is 1.63. The first-order valence-corrected chi connectivity index (χ1v) is 6.36. The van der Waals surface area contributed by atoms with E-state index in [9.17, 15) is 0 Å². The first-order valence-electron chi connectivity index (χ1n) is 4.69. The summed E-state index contributed by atoms with van der Waals surface area (Å²) < 4.78 is 7.14. The quantitative estimate of drug-likeness (QED) is 0.851. The van der Waals surface area contributed by atoms with E-state index in [0.29, 0.717) is 0 Å². The van der Waals surface area contributed by atoms with Gasteiger partial charge in [-0.2, -0.15) is 0 Å². The van der Waals surface area contributed by atoms with Crippen LogP contribution in [0.4, 0.5) is 0 Å². The number of rotatable bonds is 1. The largest absolute Gasteiger partial charge is 0.364 e. The van der Waals surface area contributed by atoms with Gasteiger partial charge in [0.15, 0.2) is 0 Å². The number of ether oxygens (including phenoxy) is 1. The molecule has 1 saturated heterocycles. The molecule has 78 valence electrons. The van der Waals surface area contributed by atoms with E-state index in [0.717, 1.165) is 17.6 Å². The van der Waals surface area contributed by atoms with E-state index in [2.05, 4.69) is 46.5 Å². The summed E-state index contributed by atoms with van der Waals surface area (Å²) in [5.41, 5.74) is -0.0562. The lowest BCUT2D eigenvalue weighted by atomic mass is 10.1. The molecule has 1 fully saturated rings. The highest BCUT2D eigenvalue weighted by atomic mass is 79.9. The van der Waals surface area contributed by atoms with E-state index in [4.69, 9.17) is 4.74 Å². The minimum absolute atomic E-state index is 0.0562. The summed E-state index contributed by atoms with van der Waals surface area (Å²) >= 11 is 5.21. The maximum absolute atomic E-state index is 6.00. The zero-order valence-corrected chi connectivity index (χ0v) is 10.7. The normalized spacial score (nSPS) is 26.4. The van der Waals surface area contributed by atoms with Crippen LogP contribution < -0.4 is 5.32 Å². The molecule has 4 heteroatoms. The highest BCUT2D eigenvalue weighted by Crippen LogP contribution is 2.32. The zero-order valence-electron chi connectivity index (χ0n) is 8.34. The average Bonchev–Trinajstić information content (AvgIpc) is 2.50. The lowest BCUT2D eigenvalue weighted by molar-refractivity contribution is -0.0944. The summed E-state index contributed by atoms with van der Waals surface area (Å²) in [5.74, 6) is 0. The third-order valence-electron chi connectivity index (χ3n) is 2.25. The number of hydrogen-bond acceptors (Lipinski definition) is 3. The van der Waals surface area contributed by atoms with Gasteiger partial charge in [-0.25, -0.2) is 0 Å². The summed E-state index contributed by atoms with van der Waals surface area (Å²) in [6, 6.07) is 2.14. The van der Waals surface area contributed by atoms with Gasteiger partial charge in [-0.15, -0.1) is 11.3 Å². The van der Waals surface area contributed by atoms with E-state index < -0.39 is 0 Å². The van der Waals surface area contributed by atoms with E-state index in [-0.39, 0.29) is 11.7 Å². The Labute approximate surface area is 96.8 Å². The Morgan fingerprint density at radius 3 is 3.00 bits per heavy atom. The first-order chi connectivity index (χ1) is 6.57. The molecule has 1 aliphatic rings. The highest BCUT2D eigenvalue weighted by Gasteiger charge is 2.29. The molecule has 0 aromatic carbocycles. The molecule has 1 N–H and O–H groups in total. The Morgan fingerprint density at radius 1 is 1.64 bits per heavy atom. The van der Waals surface area contributed by atoms with Gasteiger partial charge in [0.05, 0.1) is 5.60 Å². The molecular formula is C10H14BrNOS. The number of hydrogen-bond donors (Lipinski definition) is 1. The fraction of sp³-hybridized carbons (Fsp3) is 0.600. The van der Waals surface area contributed by atoms with Crippen molar-refractivity contribution in [1.82, 2.24) is 5.32 Å². The molecule has 1 aliphatic heterocycles. The topological polar surface area (TPSA) is 21.3 Å². The van der Waals surface area contributed by atoms with Gasteiger partial charge < -0.3 is 10.1 Å². The summed E-state index contributed by atoms with van der Waals surface area (Å²) in [4.78, 5) is 1.29. The van der Waals surface area contributed by atoms with Gasteiger partial charge in [-0.1, -0.05) is 0 Å². The molecule has 0 aliphatic carbocycles. The van der Waals surface area contributed by atoms with E-state index >= 15 is 0 Å². The Hall–Kier alpha value is 0.1000. The van der Waals surface area contributed by atoms with Crippen LogP contribution in [0.1, 0.15) is 24.8 Å². The number of halogens is 1. The van der Waals surface area contributed by atoms with Crippen molar-refractivity contribution in [3.05, 3.63) is 20.8 Å². The zero-order chi connectivity index (χ0) is 10.2. The van der Waals surface area contributed by atoms with Gasteiger partial charge in [-0.05, 0) is 35.8 Å². The summed E-state index contributed by atoms with van der Waals surface area (Å²) in [7, 11) is 0. The number of morpholine rings is 1. The molecule has 0 bridgehead atoms. The second-order valence-corrected chi connectivity index (χ2v) is 6.02. The SMILES string of the molecule is CC1(C)CNCC(c2cc(Br)cs2)O1. The Morgan fingerprint density at radius 2 is 2.43 bits per heavy atom. The van der Waals surface area contributed by atoms with Crippen molar-refractivity contribution >= 4 is 27.3 Å². The summed E-state index contributed by atoms with van der Waals surface area (Å²) in [5, 5.41) is 5.50. The molecule has 2 nitrogen and oxygen atoms in total. The maximum Gasteiger partial charge on any atom is 0.105 e. The van der Waals surface area contributed by atoms with Crippen molar-refractivity contribution in [2.24, 2.45) is 0 Å². The van der Waals surface area contributed by atoms with Gasteiger partial charge in [0, 0.05) is 27.8 Å². The van der Waals surface area contributed by atoms with E-state index in [1.165, 1.54) is 4.88 Å². The van der Waals surface area contributed by atoms with Gasteiger partial charge >= 0.3 is 0 Å². The lowest BCUT2D eigenvalue weighted by Crippen LogP contribution is -2.46. The monoisotopic (exact) mass is 275 g/mol. The molecule has 1 atom stereocenters. The van der Waals surface area contributed by atoms with Crippen molar-refractivity contribution in [3.63, 3.8) is 0 Å². The third-order valence-corrected chi connectivity index (χ3v) is 4.03. The van der Waals surface area contributed by atoms with Crippen LogP contribution in [-0.4, -0.2) is 18.7 Å². The molecule has 0 saturated carbocycles. The predicted octanol–water partition coefficient (Wildman–Crippen LogP) is 2.95. The Balaban J connectivity index is 2.12. The van der Waals surface area contributed by atoms with Crippen LogP contribution >= 0.6 is 27.3 Å². The van der Waals surface area contributed by atoms with Gasteiger partial charge in [-0.3, -0.25) is 0 Å². The number of thiophene rings is 1. The van der Waals surface area contributed by atoms with Crippen molar-refractivity contribution in [2.45, 2.75) is 25.6 Å². The van der Waals surface area contributed by atoms with Gasteiger partial charge in [0.2, 0.25) is 0 Å². The molecule has 1 aromatic rings. The van der Waals surface area contributed by atoms with Crippen molar-refractivity contribution in [2.75, 3.05) is 13.1 Å².